The van der Waals surface area contributed by atoms with Gasteiger partial charge in [0, 0.05) is 32.4 Å². The number of sulfonamides is 1. The van der Waals surface area contributed by atoms with Gasteiger partial charge in [-0.15, -0.1) is 0 Å². The first-order chi connectivity index (χ1) is 9.71. The number of hydrogen-bond acceptors (Lipinski definition) is 6. The third-order valence-electron chi connectivity index (χ3n) is 3.60. The van der Waals surface area contributed by atoms with Gasteiger partial charge in [-0.3, -0.25) is 4.79 Å². The number of carbonyl (C=O) groups is 1. The number of hydrazine groups is 1. The maximum absolute atomic E-state index is 12.8. The molecule has 0 bridgehead atoms. The molecule has 0 aliphatic carbocycles. The summed E-state index contributed by atoms with van der Waals surface area (Å²) in [7, 11) is -2.14. The molecular weight excluding hydrogens is 294 g/mol. The van der Waals surface area contributed by atoms with E-state index >= 15 is 0 Å². The van der Waals surface area contributed by atoms with Crippen LogP contribution in [0.15, 0.2) is 23.2 Å². The standard InChI is InChI=1S/C12H19N5O3S/c1-12(2)11(18)16(3)6-7-17(12)21(19,20)9-4-5-14-10(8-9)15-13/h4-5,8H,6-7,13H2,1-3H3,(H,14,15). The fourth-order valence-corrected chi connectivity index (χ4v) is 4.14. The molecule has 1 aliphatic rings. The number of nitrogen functional groups attached to an aromatic ring is 1. The monoisotopic (exact) mass is 313 g/mol. The molecule has 2 heterocycles. The molecule has 1 aromatic heterocycles. The van der Waals surface area contributed by atoms with Crippen LogP contribution in [0.3, 0.4) is 0 Å². The number of nitrogens with one attached hydrogen (secondary N) is 1. The third-order valence-corrected chi connectivity index (χ3v) is 5.67. The summed E-state index contributed by atoms with van der Waals surface area (Å²) in [5, 5.41) is 0. The van der Waals surface area contributed by atoms with Crippen LogP contribution in [-0.4, -0.2) is 54.2 Å². The second kappa shape index (κ2) is 5.24. The highest BCUT2D eigenvalue weighted by Gasteiger charge is 2.46. The average molecular weight is 313 g/mol. The minimum absolute atomic E-state index is 0.0517. The second-order valence-electron chi connectivity index (χ2n) is 5.38. The predicted molar refractivity (Wildman–Crippen MR) is 77.7 cm³/mol. The molecule has 9 heteroatoms. The molecule has 116 valence electrons. The smallest absolute Gasteiger partial charge is 0.244 e. The van der Waals surface area contributed by atoms with Crippen LogP contribution in [0.25, 0.3) is 0 Å². The maximum atomic E-state index is 12.8. The van der Waals surface area contributed by atoms with E-state index in [4.69, 9.17) is 5.84 Å². The van der Waals surface area contributed by atoms with Crippen molar-refractivity contribution in [1.29, 1.82) is 0 Å². The Labute approximate surface area is 124 Å². The molecule has 2 rings (SSSR count). The van der Waals surface area contributed by atoms with Crippen molar-refractivity contribution < 1.29 is 13.2 Å². The lowest BCUT2D eigenvalue weighted by molar-refractivity contribution is -0.142. The highest BCUT2D eigenvalue weighted by Crippen LogP contribution is 2.29. The first-order valence-electron chi connectivity index (χ1n) is 6.42. The SMILES string of the molecule is CN1CCN(S(=O)(=O)c2ccnc(NN)c2)C(C)(C)C1=O. The van der Waals surface area contributed by atoms with Crippen molar-refractivity contribution >= 4 is 21.7 Å². The number of anilines is 1. The summed E-state index contributed by atoms with van der Waals surface area (Å²) in [5.74, 6) is 5.26. The third kappa shape index (κ3) is 2.59. The summed E-state index contributed by atoms with van der Waals surface area (Å²) in [4.78, 5) is 17.7. The zero-order chi connectivity index (χ0) is 15.8. The Kier molecular flexibility index (Phi) is 3.91. The van der Waals surface area contributed by atoms with Crippen molar-refractivity contribution in [1.82, 2.24) is 14.2 Å². The molecule has 1 saturated heterocycles. The molecule has 1 amide bonds. The number of rotatable bonds is 3. The largest absolute Gasteiger partial charge is 0.343 e. The lowest BCUT2D eigenvalue weighted by Crippen LogP contribution is -2.63. The molecule has 1 aromatic rings. The van der Waals surface area contributed by atoms with Gasteiger partial charge in [0.05, 0.1) is 4.90 Å². The number of carbonyl (C=O) groups excluding carboxylic acids is 1. The highest BCUT2D eigenvalue weighted by atomic mass is 32.2. The lowest BCUT2D eigenvalue weighted by Gasteiger charge is -2.43. The van der Waals surface area contributed by atoms with E-state index in [9.17, 15) is 13.2 Å². The number of likely N-dealkylation sites (N-methyl/N-ethyl adjacent to an activating group) is 1. The van der Waals surface area contributed by atoms with Crippen molar-refractivity contribution in [3.05, 3.63) is 18.3 Å². The van der Waals surface area contributed by atoms with Crippen LogP contribution in [-0.2, 0) is 14.8 Å². The van der Waals surface area contributed by atoms with E-state index in [1.807, 2.05) is 0 Å². The van der Waals surface area contributed by atoms with Crippen molar-refractivity contribution in [3.8, 4) is 0 Å². The van der Waals surface area contributed by atoms with Gasteiger partial charge in [0.15, 0.2) is 0 Å². The fourth-order valence-electron chi connectivity index (χ4n) is 2.39. The van der Waals surface area contributed by atoms with Crippen LogP contribution >= 0.6 is 0 Å². The average Bonchev–Trinajstić information content (AvgIpc) is 2.44. The van der Waals surface area contributed by atoms with Crippen LogP contribution in [0.4, 0.5) is 5.82 Å². The lowest BCUT2D eigenvalue weighted by atomic mass is 10.0. The van der Waals surface area contributed by atoms with Gasteiger partial charge >= 0.3 is 0 Å². The zero-order valence-corrected chi connectivity index (χ0v) is 13.0. The van der Waals surface area contributed by atoms with E-state index in [-0.39, 0.29) is 23.2 Å². The Hall–Kier alpha value is -1.71. The van der Waals surface area contributed by atoms with Gasteiger partial charge in [-0.1, -0.05) is 0 Å². The summed E-state index contributed by atoms with van der Waals surface area (Å²) < 4.78 is 26.8. The summed E-state index contributed by atoms with van der Waals surface area (Å²) in [5.41, 5.74) is 1.18. The number of hydrogen-bond donors (Lipinski definition) is 2. The molecular formula is C12H19N5O3S. The first-order valence-corrected chi connectivity index (χ1v) is 7.86. The quantitative estimate of drug-likeness (QED) is 0.581. The molecule has 0 atom stereocenters. The van der Waals surface area contributed by atoms with Crippen molar-refractivity contribution in [3.63, 3.8) is 0 Å². The molecule has 0 unspecified atom stereocenters. The number of pyridine rings is 1. The number of nitrogens with zero attached hydrogens (tertiary/aromatic N) is 3. The Morgan fingerprint density at radius 3 is 2.67 bits per heavy atom. The number of aromatic nitrogens is 1. The van der Waals surface area contributed by atoms with E-state index in [1.165, 1.54) is 27.5 Å². The molecule has 0 spiro atoms. The molecule has 8 nitrogen and oxygen atoms in total. The predicted octanol–water partition coefficient (Wildman–Crippen LogP) is -0.391. The topological polar surface area (TPSA) is 109 Å². The summed E-state index contributed by atoms with van der Waals surface area (Å²) in [6.45, 7) is 3.80. The Morgan fingerprint density at radius 1 is 1.38 bits per heavy atom. The van der Waals surface area contributed by atoms with Crippen LogP contribution in [0.2, 0.25) is 0 Å². The number of nitrogens with two attached hydrogens (primary N) is 1. The minimum atomic E-state index is -3.81. The van der Waals surface area contributed by atoms with E-state index in [0.717, 1.165) is 0 Å². The highest BCUT2D eigenvalue weighted by molar-refractivity contribution is 7.89. The number of piperazine rings is 1. The molecule has 3 N–H and O–H groups in total. The summed E-state index contributed by atoms with van der Waals surface area (Å²) in [6.07, 6.45) is 1.35. The normalized spacial score (nSPS) is 19.6. The molecule has 1 aliphatic heterocycles. The van der Waals surface area contributed by atoms with Gasteiger partial charge in [0.1, 0.15) is 11.4 Å². The van der Waals surface area contributed by atoms with Gasteiger partial charge in [0.25, 0.3) is 0 Å². The molecule has 1 fully saturated rings. The van der Waals surface area contributed by atoms with Gasteiger partial charge < -0.3 is 10.3 Å². The van der Waals surface area contributed by atoms with Gasteiger partial charge in [-0.05, 0) is 19.9 Å². The zero-order valence-electron chi connectivity index (χ0n) is 12.2. The Morgan fingerprint density at radius 2 is 2.05 bits per heavy atom. The number of amides is 1. The van der Waals surface area contributed by atoms with Crippen molar-refractivity contribution in [2.45, 2.75) is 24.3 Å². The van der Waals surface area contributed by atoms with E-state index in [0.29, 0.717) is 6.54 Å². The van der Waals surface area contributed by atoms with Crippen molar-refractivity contribution in [2.75, 3.05) is 25.6 Å². The molecule has 21 heavy (non-hydrogen) atoms. The first kappa shape index (κ1) is 15.7. The Bertz CT molecular complexity index is 659. The van der Waals surface area contributed by atoms with E-state index in [1.54, 1.807) is 20.9 Å². The molecule has 0 radical (unpaired) electrons. The Balaban J connectivity index is 2.46. The van der Waals surface area contributed by atoms with Crippen molar-refractivity contribution in [2.24, 2.45) is 5.84 Å². The van der Waals surface area contributed by atoms with Crippen LogP contribution in [0.5, 0.6) is 0 Å². The van der Waals surface area contributed by atoms with E-state index < -0.39 is 15.6 Å². The minimum Gasteiger partial charge on any atom is -0.343 e. The van der Waals surface area contributed by atoms with Crippen LogP contribution < -0.4 is 11.3 Å². The summed E-state index contributed by atoms with van der Waals surface area (Å²) >= 11 is 0. The summed E-state index contributed by atoms with van der Waals surface area (Å²) in [6, 6.07) is 2.73. The molecule has 0 aromatic carbocycles. The van der Waals surface area contributed by atoms with Gasteiger partial charge in [0.2, 0.25) is 15.9 Å². The van der Waals surface area contributed by atoms with Crippen LogP contribution in [0.1, 0.15) is 13.8 Å². The van der Waals surface area contributed by atoms with Gasteiger partial charge in [-0.2, -0.15) is 4.31 Å². The van der Waals surface area contributed by atoms with E-state index in [2.05, 4.69) is 10.4 Å². The fraction of sp³-hybridized carbons (Fsp3) is 0.500. The van der Waals surface area contributed by atoms with Crippen LogP contribution in [0, 0.1) is 0 Å². The molecule has 0 saturated carbocycles. The maximum Gasteiger partial charge on any atom is 0.244 e. The van der Waals surface area contributed by atoms with Gasteiger partial charge in [-0.25, -0.2) is 19.2 Å². The second-order valence-corrected chi connectivity index (χ2v) is 7.25.